The molecule has 0 bridgehead atoms. The maximum absolute atomic E-state index is 11.1. The van der Waals surface area contributed by atoms with Crippen molar-refractivity contribution in [2.45, 2.75) is 43.8 Å². The summed E-state index contributed by atoms with van der Waals surface area (Å²) in [7, 11) is 0. The Morgan fingerprint density at radius 3 is 2.74 bits per heavy atom. The summed E-state index contributed by atoms with van der Waals surface area (Å²) < 4.78 is 5.35. The van der Waals surface area contributed by atoms with Gasteiger partial charge in [-0.25, -0.2) is 0 Å². The van der Waals surface area contributed by atoms with Crippen molar-refractivity contribution in [1.82, 2.24) is 10.2 Å². The van der Waals surface area contributed by atoms with Crippen molar-refractivity contribution in [2.24, 2.45) is 0 Å². The lowest BCUT2D eigenvalue weighted by molar-refractivity contribution is -0.141. The van der Waals surface area contributed by atoms with Gasteiger partial charge in [0.25, 0.3) is 0 Å². The third-order valence-electron chi connectivity index (χ3n) is 4.19. The maximum Gasteiger partial charge on any atom is 0.323 e. The topological polar surface area (TPSA) is 65.7 Å². The van der Waals surface area contributed by atoms with Crippen LogP contribution in [0.5, 0.6) is 0 Å². The van der Waals surface area contributed by atoms with Crippen LogP contribution in [0.3, 0.4) is 0 Å². The number of aliphatic carboxylic acids is 1. The number of carboxylic acid groups (broad SMARTS) is 1. The van der Waals surface area contributed by atoms with Crippen molar-refractivity contribution in [2.75, 3.05) is 13.1 Å². The highest BCUT2D eigenvalue weighted by Crippen LogP contribution is 2.37. The average molecular weight is 264 g/mol. The van der Waals surface area contributed by atoms with Gasteiger partial charge in [0.15, 0.2) is 0 Å². The van der Waals surface area contributed by atoms with E-state index in [4.69, 9.17) is 4.42 Å². The summed E-state index contributed by atoms with van der Waals surface area (Å²) in [4.78, 5) is 13.5. The second-order valence-corrected chi connectivity index (χ2v) is 5.66. The van der Waals surface area contributed by atoms with Crippen molar-refractivity contribution in [3.63, 3.8) is 0 Å². The number of carbonyl (C=O) groups is 1. The zero-order valence-electron chi connectivity index (χ0n) is 11.0. The van der Waals surface area contributed by atoms with Crippen molar-refractivity contribution < 1.29 is 14.3 Å². The SMILES string of the molecule is O=C(O)C1(NC2CCN(Cc3ccco3)CC2)CC1. The Hall–Kier alpha value is -1.33. The third kappa shape index (κ3) is 2.82. The molecule has 0 radical (unpaired) electrons. The molecule has 19 heavy (non-hydrogen) atoms. The molecule has 3 rings (SSSR count). The molecule has 2 fully saturated rings. The quantitative estimate of drug-likeness (QED) is 0.842. The fourth-order valence-electron chi connectivity index (χ4n) is 2.79. The molecule has 2 aliphatic rings. The molecular formula is C14H20N2O3. The van der Waals surface area contributed by atoms with Crippen LogP contribution in [0.4, 0.5) is 0 Å². The molecule has 2 heterocycles. The van der Waals surface area contributed by atoms with Gasteiger partial charge in [0, 0.05) is 19.1 Å². The summed E-state index contributed by atoms with van der Waals surface area (Å²) in [6, 6.07) is 4.24. The largest absolute Gasteiger partial charge is 0.480 e. The highest BCUT2D eigenvalue weighted by Gasteiger charge is 2.51. The summed E-state index contributed by atoms with van der Waals surface area (Å²) in [5.74, 6) is 0.307. The summed E-state index contributed by atoms with van der Waals surface area (Å²) in [5, 5.41) is 12.5. The molecule has 0 amide bonds. The van der Waals surface area contributed by atoms with Crippen LogP contribution in [0.15, 0.2) is 22.8 Å². The van der Waals surface area contributed by atoms with E-state index in [0.29, 0.717) is 6.04 Å². The monoisotopic (exact) mass is 264 g/mol. The van der Waals surface area contributed by atoms with Crippen LogP contribution in [-0.2, 0) is 11.3 Å². The first-order valence-corrected chi connectivity index (χ1v) is 6.94. The van der Waals surface area contributed by atoms with E-state index in [-0.39, 0.29) is 0 Å². The predicted molar refractivity (Wildman–Crippen MR) is 69.7 cm³/mol. The van der Waals surface area contributed by atoms with Crippen LogP contribution in [0, 0.1) is 0 Å². The van der Waals surface area contributed by atoms with Gasteiger partial charge in [0.1, 0.15) is 11.3 Å². The Labute approximate surface area is 112 Å². The zero-order chi connectivity index (χ0) is 13.3. The molecule has 0 aromatic carbocycles. The first kappa shape index (κ1) is 12.7. The fraction of sp³-hybridized carbons (Fsp3) is 0.643. The second-order valence-electron chi connectivity index (χ2n) is 5.66. The van der Waals surface area contributed by atoms with Crippen molar-refractivity contribution in [3.8, 4) is 0 Å². The Balaban J connectivity index is 1.46. The van der Waals surface area contributed by atoms with Gasteiger partial charge in [-0.1, -0.05) is 0 Å². The van der Waals surface area contributed by atoms with Gasteiger partial charge in [-0.05, 0) is 37.8 Å². The molecule has 0 unspecified atom stereocenters. The Bertz CT molecular complexity index is 432. The number of piperidine rings is 1. The van der Waals surface area contributed by atoms with Gasteiger partial charge in [0.2, 0.25) is 0 Å². The molecule has 1 aromatic heterocycles. The van der Waals surface area contributed by atoms with Crippen molar-refractivity contribution in [3.05, 3.63) is 24.2 Å². The van der Waals surface area contributed by atoms with E-state index >= 15 is 0 Å². The van der Waals surface area contributed by atoms with Crippen LogP contribution >= 0.6 is 0 Å². The lowest BCUT2D eigenvalue weighted by atomic mass is 10.0. The number of carboxylic acids is 1. The molecular weight excluding hydrogens is 244 g/mol. The van der Waals surface area contributed by atoms with E-state index < -0.39 is 11.5 Å². The van der Waals surface area contributed by atoms with E-state index in [9.17, 15) is 9.90 Å². The van der Waals surface area contributed by atoms with Gasteiger partial charge in [0.05, 0.1) is 12.8 Å². The van der Waals surface area contributed by atoms with Crippen LogP contribution in [0.1, 0.15) is 31.4 Å². The van der Waals surface area contributed by atoms with E-state index in [0.717, 1.165) is 51.1 Å². The second kappa shape index (κ2) is 4.98. The highest BCUT2D eigenvalue weighted by molar-refractivity contribution is 5.82. The molecule has 0 spiro atoms. The number of furan rings is 1. The fourth-order valence-corrected chi connectivity index (χ4v) is 2.79. The Morgan fingerprint density at radius 1 is 1.47 bits per heavy atom. The number of hydrogen-bond acceptors (Lipinski definition) is 4. The Morgan fingerprint density at radius 2 is 2.21 bits per heavy atom. The molecule has 1 saturated carbocycles. The van der Waals surface area contributed by atoms with Crippen LogP contribution in [0.2, 0.25) is 0 Å². The van der Waals surface area contributed by atoms with Crippen molar-refractivity contribution >= 4 is 5.97 Å². The van der Waals surface area contributed by atoms with Gasteiger partial charge in [-0.2, -0.15) is 0 Å². The average Bonchev–Trinajstić information content (AvgIpc) is 3.00. The summed E-state index contributed by atoms with van der Waals surface area (Å²) >= 11 is 0. The predicted octanol–water partition coefficient (Wildman–Crippen LogP) is 1.45. The summed E-state index contributed by atoms with van der Waals surface area (Å²) in [6.45, 7) is 2.84. The van der Waals surface area contributed by atoms with Gasteiger partial charge >= 0.3 is 5.97 Å². The van der Waals surface area contributed by atoms with Crippen molar-refractivity contribution in [1.29, 1.82) is 0 Å². The highest BCUT2D eigenvalue weighted by atomic mass is 16.4. The van der Waals surface area contributed by atoms with E-state index in [1.807, 2.05) is 12.1 Å². The number of nitrogens with one attached hydrogen (secondary N) is 1. The minimum Gasteiger partial charge on any atom is -0.480 e. The summed E-state index contributed by atoms with van der Waals surface area (Å²) in [5.41, 5.74) is -0.603. The minimum absolute atomic E-state index is 0.339. The molecule has 5 heteroatoms. The van der Waals surface area contributed by atoms with E-state index in [1.54, 1.807) is 6.26 Å². The standard InChI is InChI=1S/C14H20N2O3/c17-13(18)14(5-6-14)15-11-3-7-16(8-4-11)10-12-2-1-9-19-12/h1-2,9,11,15H,3-8,10H2,(H,17,18). The molecule has 2 N–H and O–H groups in total. The normalized spacial score (nSPS) is 23.4. The van der Waals surface area contributed by atoms with E-state index in [1.165, 1.54) is 0 Å². The Kier molecular flexibility index (Phi) is 3.33. The zero-order valence-corrected chi connectivity index (χ0v) is 11.0. The number of nitrogens with zero attached hydrogens (tertiary/aromatic N) is 1. The number of rotatable bonds is 5. The van der Waals surface area contributed by atoms with Crippen LogP contribution < -0.4 is 5.32 Å². The third-order valence-corrected chi connectivity index (χ3v) is 4.19. The van der Waals surface area contributed by atoms with E-state index in [2.05, 4.69) is 10.2 Å². The molecule has 1 aromatic rings. The molecule has 1 aliphatic carbocycles. The smallest absolute Gasteiger partial charge is 0.323 e. The maximum atomic E-state index is 11.1. The van der Waals surface area contributed by atoms with Gasteiger partial charge < -0.3 is 9.52 Å². The lowest BCUT2D eigenvalue weighted by Crippen LogP contribution is -2.50. The van der Waals surface area contributed by atoms with Gasteiger partial charge in [-0.15, -0.1) is 0 Å². The molecule has 1 aliphatic heterocycles. The molecule has 0 atom stereocenters. The molecule has 1 saturated heterocycles. The van der Waals surface area contributed by atoms with Crippen LogP contribution in [-0.4, -0.2) is 40.6 Å². The first-order valence-electron chi connectivity index (χ1n) is 6.94. The minimum atomic E-state index is -0.689. The lowest BCUT2D eigenvalue weighted by Gasteiger charge is -2.33. The number of hydrogen-bond donors (Lipinski definition) is 2. The summed E-state index contributed by atoms with van der Waals surface area (Å²) in [6.07, 6.45) is 5.27. The first-order chi connectivity index (χ1) is 9.18. The number of likely N-dealkylation sites (tertiary alicyclic amines) is 1. The molecule has 5 nitrogen and oxygen atoms in total. The van der Waals surface area contributed by atoms with Gasteiger partial charge in [-0.3, -0.25) is 15.0 Å². The van der Waals surface area contributed by atoms with Crippen LogP contribution in [0.25, 0.3) is 0 Å². The molecule has 104 valence electrons.